The highest BCUT2D eigenvalue weighted by Crippen LogP contribution is 2.19. The van der Waals surface area contributed by atoms with Gasteiger partial charge in [0.25, 0.3) is 0 Å². The Balaban J connectivity index is 2.08. The Bertz CT molecular complexity index is 616. The number of nitrogens with one attached hydrogen (secondary N) is 1. The Morgan fingerprint density at radius 3 is 2.68 bits per heavy atom. The van der Waals surface area contributed by atoms with Crippen LogP contribution in [0, 0.1) is 5.82 Å². The van der Waals surface area contributed by atoms with Crippen molar-refractivity contribution in [1.29, 1.82) is 0 Å². The Labute approximate surface area is 115 Å². The summed E-state index contributed by atoms with van der Waals surface area (Å²) in [4.78, 5) is 11.8. The molecular formula is C14H12ClFN2O. The van der Waals surface area contributed by atoms with Gasteiger partial charge in [0.1, 0.15) is 5.82 Å². The van der Waals surface area contributed by atoms with E-state index in [2.05, 4.69) is 5.32 Å². The number of benzene rings is 2. The molecule has 19 heavy (non-hydrogen) atoms. The molecule has 0 radical (unpaired) electrons. The number of nitrogen functional groups attached to an aromatic ring is 1. The summed E-state index contributed by atoms with van der Waals surface area (Å²) in [5.41, 5.74) is 6.53. The van der Waals surface area contributed by atoms with E-state index in [1.807, 2.05) is 0 Å². The molecule has 0 bridgehead atoms. The van der Waals surface area contributed by atoms with E-state index < -0.39 is 5.82 Å². The fourth-order valence-electron chi connectivity index (χ4n) is 1.64. The number of hydrogen-bond acceptors (Lipinski definition) is 2. The van der Waals surface area contributed by atoms with Gasteiger partial charge in [-0.05, 0) is 29.8 Å². The van der Waals surface area contributed by atoms with Crippen molar-refractivity contribution in [3.63, 3.8) is 0 Å². The maximum absolute atomic E-state index is 13.5. The third-order valence-electron chi connectivity index (χ3n) is 2.58. The predicted molar refractivity (Wildman–Crippen MR) is 74.6 cm³/mol. The lowest BCUT2D eigenvalue weighted by molar-refractivity contribution is -0.115. The first-order valence-electron chi connectivity index (χ1n) is 5.64. The highest BCUT2D eigenvalue weighted by Gasteiger charge is 2.09. The first-order chi connectivity index (χ1) is 9.06. The van der Waals surface area contributed by atoms with Crippen molar-refractivity contribution in [2.24, 2.45) is 0 Å². The molecule has 2 rings (SSSR count). The van der Waals surface area contributed by atoms with Crippen molar-refractivity contribution in [3.8, 4) is 0 Å². The molecule has 0 spiro atoms. The molecule has 0 saturated heterocycles. The van der Waals surface area contributed by atoms with Crippen LogP contribution in [0.15, 0.2) is 42.5 Å². The maximum Gasteiger partial charge on any atom is 0.228 e. The fraction of sp³-hybridized carbons (Fsp3) is 0.0714. The second-order valence-corrected chi connectivity index (χ2v) is 4.46. The van der Waals surface area contributed by atoms with Crippen LogP contribution in [0.4, 0.5) is 15.8 Å². The minimum absolute atomic E-state index is 0.0868. The van der Waals surface area contributed by atoms with Crippen molar-refractivity contribution in [3.05, 3.63) is 58.9 Å². The fourth-order valence-corrected chi connectivity index (χ4v) is 1.84. The molecule has 0 aromatic heterocycles. The van der Waals surface area contributed by atoms with Crippen molar-refractivity contribution in [2.45, 2.75) is 6.42 Å². The van der Waals surface area contributed by atoms with Crippen LogP contribution in [0.5, 0.6) is 0 Å². The molecule has 2 aromatic carbocycles. The third kappa shape index (κ3) is 3.45. The minimum atomic E-state index is -0.562. The largest absolute Gasteiger partial charge is 0.399 e. The van der Waals surface area contributed by atoms with Crippen LogP contribution in [-0.2, 0) is 11.2 Å². The van der Waals surface area contributed by atoms with Crippen LogP contribution < -0.4 is 11.1 Å². The summed E-state index contributed by atoms with van der Waals surface area (Å²) in [7, 11) is 0. The summed E-state index contributed by atoms with van der Waals surface area (Å²) in [6.45, 7) is 0. The van der Waals surface area contributed by atoms with Gasteiger partial charge in [-0.1, -0.05) is 29.8 Å². The van der Waals surface area contributed by atoms with Crippen LogP contribution in [0.25, 0.3) is 0 Å². The number of carbonyl (C=O) groups excluding carboxylic acids is 1. The second-order valence-electron chi connectivity index (χ2n) is 4.06. The zero-order chi connectivity index (χ0) is 13.8. The molecule has 98 valence electrons. The lowest BCUT2D eigenvalue weighted by Crippen LogP contribution is -2.15. The van der Waals surface area contributed by atoms with E-state index in [9.17, 15) is 9.18 Å². The summed E-state index contributed by atoms with van der Waals surface area (Å²) in [5, 5.41) is 2.99. The first-order valence-corrected chi connectivity index (χ1v) is 6.02. The summed E-state index contributed by atoms with van der Waals surface area (Å²) < 4.78 is 13.5. The predicted octanol–water partition coefficient (Wildman–Crippen LogP) is 3.24. The second kappa shape index (κ2) is 5.71. The van der Waals surface area contributed by atoms with Gasteiger partial charge in [-0.25, -0.2) is 4.39 Å². The molecule has 3 N–H and O–H groups in total. The standard InChI is InChI=1S/C14H12ClFN2O/c15-11-4-2-1-3-9(11)7-14(19)18-13-6-5-10(17)8-12(13)16/h1-6,8H,7,17H2,(H,18,19). The first kappa shape index (κ1) is 13.4. The number of halogens is 2. The highest BCUT2D eigenvalue weighted by atomic mass is 35.5. The molecule has 0 aliphatic carbocycles. The summed E-state index contributed by atoms with van der Waals surface area (Å²) in [6, 6.07) is 11.1. The van der Waals surface area contributed by atoms with Gasteiger partial charge >= 0.3 is 0 Å². The van der Waals surface area contributed by atoms with Gasteiger partial charge in [0, 0.05) is 10.7 Å². The van der Waals surface area contributed by atoms with Crippen molar-refractivity contribution < 1.29 is 9.18 Å². The molecule has 0 aliphatic rings. The van der Waals surface area contributed by atoms with E-state index in [4.69, 9.17) is 17.3 Å². The topological polar surface area (TPSA) is 55.1 Å². The normalized spacial score (nSPS) is 10.2. The van der Waals surface area contributed by atoms with Gasteiger partial charge in [0.15, 0.2) is 0 Å². The summed E-state index contributed by atoms with van der Waals surface area (Å²) >= 11 is 5.95. The van der Waals surface area contributed by atoms with Gasteiger partial charge in [0.2, 0.25) is 5.91 Å². The average Bonchev–Trinajstić information content (AvgIpc) is 2.36. The van der Waals surface area contributed by atoms with Crippen molar-refractivity contribution >= 4 is 28.9 Å². The van der Waals surface area contributed by atoms with E-state index in [1.165, 1.54) is 12.1 Å². The number of hydrogen-bond donors (Lipinski definition) is 2. The SMILES string of the molecule is Nc1ccc(NC(=O)Cc2ccccc2Cl)c(F)c1. The Morgan fingerprint density at radius 1 is 1.26 bits per heavy atom. The van der Waals surface area contributed by atoms with Gasteiger partial charge in [-0.15, -0.1) is 0 Å². The van der Waals surface area contributed by atoms with E-state index in [0.717, 1.165) is 6.07 Å². The smallest absolute Gasteiger partial charge is 0.228 e. The van der Waals surface area contributed by atoms with Crippen LogP contribution in [0.3, 0.4) is 0 Å². The van der Waals surface area contributed by atoms with E-state index in [-0.39, 0.29) is 18.0 Å². The van der Waals surface area contributed by atoms with Crippen LogP contribution in [0.1, 0.15) is 5.56 Å². The molecule has 2 aromatic rings. The Kier molecular flexibility index (Phi) is 4.02. The molecular weight excluding hydrogens is 267 g/mol. The van der Waals surface area contributed by atoms with Gasteiger partial charge in [-0.3, -0.25) is 4.79 Å². The third-order valence-corrected chi connectivity index (χ3v) is 2.94. The molecule has 3 nitrogen and oxygen atoms in total. The molecule has 0 atom stereocenters. The van der Waals surface area contributed by atoms with Crippen LogP contribution in [0.2, 0.25) is 5.02 Å². The minimum Gasteiger partial charge on any atom is -0.399 e. The quantitative estimate of drug-likeness (QED) is 0.847. The number of anilines is 2. The number of nitrogens with two attached hydrogens (primary N) is 1. The van der Waals surface area contributed by atoms with E-state index >= 15 is 0 Å². The molecule has 0 unspecified atom stereocenters. The summed E-state index contributed by atoms with van der Waals surface area (Å²) in [5.74, 6) is -0.899. The van der Waals surface area contributed by atoms with Crippen molar-refractivity contribution in [2.75, 3.05) is 11.1 Å². The average molecular weight is 279 g/mol. The van der Waals surface area contributed by atoms with Gasteiger partial charge in [0.05, 0.1) is 12.1 Å². The Morgan fingerprint density at radius 2 is 2.00 bits per heavy atom. The van der Waals surface area contributed by atoms with Crippen LogP contribution in [-0.4, -0.2) is 5.91 Å². The molecule has 1 amide bonds. The lowest BCUT2D eigenvalue weighted by Gasteiger charge is -2.08. The Hall–Kier alpha value is -2.07. The van der Waals surface area contributed by atoms with Gasteiger partial charge in [-0.2, -0.15) is 0 Å². The maximum atomic E-state index is 13.5. The van der Waals surface area contributed by atoms with Crippen LogP contribution >= 0.6 is 11.6 Å². The van der Waals surface area contributed by atoms with E-state index in [0.29, 0.717) is 16.3 Å². The number of amides is 1. The molecule has 0 heterocycles. The monoisotopic (exact) mass is 278 g/mol. The zero-order valence-corrected chi connectivity index (χ0v) is 10.7. The zero-order valence-electron chi connectivity index (χ0n) is 9.99. The molecule has 0 fully saturated rings. The van der Waals surface area contributed by atoms with Gasteiger partial charge < -0.3 is 11.1 Å². The lowest BCUT2D eigenvalue weighted by atomic mass is 10.1. The summed E-state index contributed by atoms with van der Waals surface area (Å²) in [6.07, 6.45) is 0.0868. The number of carbonyl (C=O) groups is 1. The highest BCUT2D eigenvalue weighted by molar-refractivity contribution is 6.31. The van der Waals surface area contributed by atoms with E-state index in [1.54, 1.807) is 24.3 Å². The van der Waals surface area contributed by atoms with Crippen molar-refractivity contribution in [1.82, 2.24) is 0 Å². The number of rotatable bonds is 3. The molecule has 5 heteroatoms. The molecule has 0 aliphatic heterocycles. The molecule has 0 saturated carbocycles.